The van der Waals surface area contributed by atoms with Crippen LogP contribution in [0.15, 0.2) is 48.8 Å². The number of imidazole rings is 1. The van der Waals surface area contributed by atoms with Gasteiger partial charge >= 0.3 is 0 Å². The molecule has 2 heterocycles. The third kappa shape index (κ3) is 3.16. The minimum absolute atomic E-state index is 0.177. The van der Waals surface area contributed by atoms with Crippen LogP contribution in [0, 0.1) is 0 Å². The van der Waals surface area contributed by atoms with Crippen molar-refractivity contribution >= 4 is 40.6 Å². The van der Waals surface area contributed by atoms with Gasteiger partial charge < -0.3 is 4.74 Å². The number of halogens is 2. The molecule has 2 aromatic heterocycles. The molecule has 0 aliphatic carbocycles. The van der Waals surface area contributed by atoms with Gasteiger partial charge in [0, 0.05) is 11.2 Å². The first kappa shape index (κ1) is 14.7. The molecule has 3 aromatic rings. The monoisotopic (exact) mass is 335 g/mol. The first-order chi connectivity index (χ1) is 10.6. The average Bonchev–Trinajstić information content (AvgIpc) is 2.90. The number of nitrogens with one attached hydrogen (secondary N) is 1. The molecule has 0 aliphatic heterocycles. The third-order valence-corrected chi connectivity index (χ3v) is 3.47. The fourth-order valence-electron chi connectivity index (χ4n) is 1.93. The molecule has 22 heavy (non-hydrogen) atoms. The number of rotatable bonds is 4. The number of fused-ring (bicyclic) bond motifs is 1. The van der Waals surface area contributed by atoms with E-state index in [1.807, 2.05) is 24.4 Å². The van der Waals surface area contributed by atoms with Crippen LogP contribution < -0.4 is 10.1 Å². The standard InChI is InChI=1S/C15H11Cl2N3O2/c16-10-4-5-13(12(17)7-10)22-9-14(21)19-15-18-8-11-3-1-2-6-20(11)15/h1-8H,9H2,(H,18,19,21). The normalized spacial score (nSPS) is 10.6. The van der Waals surface area contributed by atoms with Gasteiger partial charge in [-0.3, -0.25) is 14.5 Å². The molecule has 0 unspecified atom stereocenters. The van der Waals surface area contributed by atoms with Gasteiger partial charge in [-0.05, 0) is 30.3 Å². The Bertz CT molecular complexity index is 833. The Labute approximate surface area is 136 Å². The van der Waals surface area contributed by atoms with Crippen LogP contribution in [0.3, 0.4) is 0 Å². The number of carbonyl (C=O) groups excluding carboxylic acids is 1. The van der Waals surface area contributed by atoms with E-state index in [4.69, 9.17) is 27.9 Å². The molecule has 0 saturated carbocycles. The summed E-state index contributed by atoms with van der Waals surface area (Å²) in [5, 5.41) is 3.54. The highest BCUT2D eigenvalue weighted by atomic mass is 35.5. The third-order valence-electron chi connectivity index (χ3n) is 2.94. The van der Waals surface area contributed by atoms with E-state index in [9.17, 15) is 4.79 Å². The number of aromatic nitrogens is 2. The maximum absolute atomic E-state index is 11.9. The van der Waals surface area contributed by atoms with Crippen LogP contribution >= 0.6 is 23.2 Å². The lowest BCUT2D eigenvalue weighted by Gasteiger charge is -2.08. The van der Waals surface area contributed by atoms with Gasteiger partial charge in [0.15, 0.2) is 6.61 Å². The molecule has 1 amide bonds. The largest absolute Gasteiger partial charge is 0.482 e. The molecule has 0 atom stereocenters. The first-order valence-corrected chi connectivity index (χ1v) is 7.19. The van der Waals surface area contributed by atoms with Crippen LogP contribution in [0.1, 0.15) is 0 Å². The van der Waals surface area contributed by atoms with Crippen molar-refractivity contribution < 1.29 is 9.53 Å². The summed E-state index contributed by atoms with van der Waals surface area (Å²) in [6.45, 7) is -0.177. The van der Waals surface area contributed by atoms with E-state index in [0.717, 1.165) is 5.52 Å². The van der Waals surface area contributed by atoms with Crippen molar-refractivity contribution in [2.45, 2.75) is 0 Å². The zero-order valence-electron chi connectivity index (χ0n) is 11.3. The Morgan fingerprint density at radius 2 is 2.14 bits per heavy atom. The van der Waals surface area contributed by atoms with E-state index in [-0.39, 0.29) is 12.5 Å². The fraction of sp³-hybridized carbons (Fsp3) is 0.0667. The molecule has 0 fully saturated rings. The molecule has 1 N–H and O–H groups in total. The van der Waals surface area contributed by atoms with Crippen molar-refractivity contribution in [3.05, 3.63) is 58.8 Å². The Kier molecular flexibility index (Phi) is 4.18. The minimum Gasteiger partial charge on any atom is -0.482 e. The summed E-state index contributed by atoms with van der Waals surface area (Å²) in [4.78, 5) is 16.1. The lowest BCUT2D eigenvalue weighted by molar-refractivity contribution is -0.118. The highest BCUT2D eigenvalue weighted by Crippen LogP contribution is 2.27. The highest BCUT2D eigenvalue weighted by molar-refractivity contribution is 6.35. The molecule has 112 valence electrons. The molecule has 0 bridgehead atoms. The van der Waals surface area contributed by atoms with Crippen molar-refractivity contribution in [2.75, 3.05) is 11.9 Å². The Morgan fingerprint density at radius 3 is 2.95 bits per heavy atom. The van der Waals surface area contributed by atoms with E-state index >= 15 is 0 Å². The number of carbonyl (C=O) groups is 1. The molecule has 5 nitrogen and oxygen atoms in total. The maximum Gasteiger partial charge on any atom is 0.264 e. The summed E-state index contributed by atoms with van der Waals surface area (Å²) in [6.07, 6.45) is 3.49. The van der Waals surface area contributed by atoms with E-state index in [1.165, 1.54) is 0 Å². The molecule has 0 radical (unpaired) electrons. The Morgan fingerprint density at radius 1 is 1.27 bits per heavy atom. The van der Waals surface area contributed by atoms with Crippen molar-refractivity contribution in [3.8, 4) is 5.75 Å². The number of hydrogen-bond donors (Lipinski definition) is 1. The molecule has 7 heteroatoms. The number of anilines is 1. The summed E-state index contributed by atoms with van der Waals surface area (Å²) in [5.41, 5.74) is 0.888. The SMILES string of the molecule is O=C(COc1ccc(Cl)cc1Cl)Nc1ncc2ccccn12. The topological polar surface area (TPSA) is 55.6 Å². The van der Waals surface area contributed by atoms with Crippen molar-refractivity contribution in [2.24, 2.45) is 0 Å². The summed E-state index contributed by atoms with van der Waals surface area (Å²) in [5.74, 6) is 0.503. The molecule has 0 aliphatic rings. The van der Waals surface area contributed by atoms with Gasteiger partial charge in [0.1, 0.15) is 5.75 Å². The number of hydrogen-bond acceptors (Lipinski definition) is 3. The maximum atomic E-state index is 11.9. The van der Waals surface area contributed by atoms with Crippen LogP contribution in [0.4, 0.5) is 5.95 Å². The van der Waals surface area contributed by atoms with Crippen molar-refractivity contribution in [3.63, 3.8) is 0 Å². The second-order valence-corrected chi connectivity index (χ2v) is 5.33. The predicted molar refractivity (Wildman–Crippen MR) is 85.8 cm³/mol. The number of ether oxygens (including phenoxy) is 1. The van der Waals surface area contributed by atoms with E-state index in [2.05, 4.69) is 10.3 Å². The predicted octanol–water partition coefficient (Wildman–Crippen LogP) is 3.66. The number of amides is 1. The van der Waals surface area contributed by atoms with Crippen molar-refractivity contribution in [1.29, 1.82) is 0 Å². The van der Waals surface area contributed by atoms with Gasteiger partial charge in [-0.2, -0.15) is 0 Å². The van der Waals surface area contributed by atoms with Crippen LogP contribution in [0.2, 0.25) is 10.0 Å². The molecule has 1 aromatic carbocycles. The van der Waals surface area contributed by atoms with Crippen LogP contribution in [0.25, 0.3) is 5.52 Å². The summed E-state index contributed by atoms with van der Waals surface area (Å²) in [7, 11) is 0. The lowest BCUT2D eigenvalue weighted by Crippen LogP contribution is -2.21. The second kappa shape index (κ2) is 6.25. The van der Waals surface area contributed by atoms with Gasteiger partial charge in [0.2, 0.25) is 5.95 Å². The zero-order chi connectivity index (χ0) is 15.5. The molecular formula is C15H11Cl2N3O2. The van der Waals surface area contributed by atoms with Crippen LogP contribution in [-0.2, 0) is 4.79 Å². The van der Waals surface area contributed by atoms with E-state index in [1.54, 1.807) is 28.8 Å². The second-order valence-electron chi connectivity index (χ2n) is 4.49. The number of pyridine rings is 1. The first-order valence-electron chi connectivity index (χ1n) is 6.43. The Hall–Kier alpha value is -2.24. The number of nitrogens with zero attached hydrogens (tertiary/aromatic N) is 2. The minimum atomic E-state index is -0.331. The zero-order valence-corrected chi connectivity index (χ0v) is 12.8. The van der Waals surface area contributed by atoms with Crippen LogP contribution in [-0.4, -0.2) is 21.9 Å². The van der Waals surface area contributed by atoms with Gasteiger partial charge in [0.05, 0.1) is 16.7 Å². The fourth-order valence-corrected chi connectivity index (χ4v) is 2.40. The molecule has 0 spiro atoms. The highest BCUT2D eigenvalue weighted by Gasteiger charge is 2.10. The summed E-state index contributed by atoms with van der Waals surface area (Å²) >= 11 is 11.8. The quantitative estimate of drug-likeness (QED) is 0.791. The van der Waals surface area contributed by atoms with Crippen LogP contribution in [0.5, 0.6) is 5.75 Å². The number of benzene rings is 1. The van der Waals surface area contributed by atoms with Gasteiger partial charge in [-0.25, -0.2) is 4.98 Å². The van der Waals surface area contributed by atoms with E-state index < -0.39 is 0 Å². The Balaban J connectivity index is 1.65. The summed E-state index contributed by atoms with van der Waals surface area (Å²) in [6, 6.07) is 10.5. The smallest absolute Gasteiger partial charge is 0.264 e. The lowest BCUT2D eigenvalue weighted by atomic mass is 10.3. The van der Waals surface area contributed by atoms with Crippen molar-refractivity contribution in [1.82, 2.24) is 9.38 Å². The van der Waals surface area contributed by atoms with Gasteiger partial charge in [0.25, 0.3) is 5.91 Å². The molecule has 3 rings (SSSR count). The van der Waals surface area contributed by atoms with Gasteiger partial charge in [-0.15, -0.1) is 0 Å². The molecular weight excluding hydrogens is 325 g/mol. The van der Waals surface area contributed by atoms with E-state index in [0.29, 0.717) is 21.7 Å². The average molecular weight is 336 g/mol. The van der Waals surface area contributed by atoms with Gasteiger partial charge in [-0.1, -0.05) is 29.3 Å². The molecule has 0 saturated heterocycles. The summed E-state index contributed by atoms with van der Waals surface area (Å²) < 4.78 is 7.15.